The number of oxime groups is 1. The molecule has 23 heavy (non-hydrogen) atoms. The van der Waals surface area contributed by atoms with Crippen LogP contribution in [0.5, 0.6) is 0 Å². The lowest BCUT2D eigenvalue weighted by Gasteiger charge is -2.40. The second-order valence-electron chi connectivity index (χ2n) is 7.92. The number of amides is 1. The highest BCUT2D eigenvalue weighted by Gasteiger charge is 2.44. The molecule has 1 saturated carbocycles. The zero-order valence-corrected chi connectivity index (χ0v) is 15.9. The summed E-state index contributed by atoms with van der Waals surface area (Å²) in [6.45, 7) is 11.8. The molecule has 0 radical (unpaired) electrons. The number of nitrogens with zero attached hydrogens (tertiary/aromatic N) is 1. The average Bonchev–Trinajstić information content (AvgIpc) is 2.43. The maximum absolute atomic E-state index is 11.1. The number of carbonyl (C=O) groups excluding carboxylic acids is 1. The largest absolute Gasteiger partial charge is 0.435 e. The third kappa shape index (κ3) is 4.84. The van der Waals surface area contributed by atoms with Gasteiger partial charge in [0.2, 0.25) is 0 Å². The molecule has 1 fully saturated rings. The Morgan fingerprint density at radius 1 is 1.30 bits per heavy atom. The molecule has 134 valence electrons. The first-order chi connectivity index (χ1) is 10.4. The minimum absolute atomic E-state index is 0.0972. The molecule has 8 heteroatoms. The fraction of sp³-hybridized carbons (Fsp3) is 0.867. The van der Waals surface area contributed by atoms with Crippen molar-refractivity contribution in [2.75, 3.05) is 6.61 Å². The predicted molar refractivity (Wildman–Crippen MR) is 91.9 cm³/mol. The van der Waals surface area contributed by atoms with Crippen LogP contribution >= 0.6 is 0 Å². The summed E-state index contributed by atoms with van der Waals surface area (Å²) in [7, 11) is -1.77. The summed E-state index contributed by atoms with van der Waals surface area (Å²) < 4.78 is 11.4. The normalized spacial score (nSPS) is 26.8. The van der Waals surface area contributed by atoms with Crippen LogP contribution in [0.2, 0.25) is 18.1 Å². The van der Waals surface area contributed by atoms with Crippen LogP contribution in [0, 0.1) is 5.92 Å². The van der Waals surface area contributed by atoms with Crippen molar-refractivity contribution >= 4 is 20.2 Å². The molecule has 0 unspecified atom stereocenters. The molecule has 1 rings (SSSR count). The van der Waals surface area contributed by atoms with Crippen molar-refractivity contribution in [1.82, 2.24) is 0 Å². The van der Waals surface area contributed by atoms with Gasteiger partial charge in [0.1, 0.15) is 0 Å². The van der Waals surface area contributed by atoms with E-state index in [4.69, 9.17) is 25.8 Å². The Morgan fingerprint density at radius 2 is 1.83 bits per heavy atom. The zero-order chi connectivity index (χ0) is 17.9. The van der Waals surface area contributed by atoms with E-state index >= 15 is 0 Å². The Bertz CT molecular complexity index is 452. The molecule has 0 saturated heterocycles. The van der Waals surface area contributed by atoms with Gasteiger partial charge >= 0.3 is 6.09 Å². The first kappa shape index (κ1) is 19.8. The van der Waals surface area contributed by atoms with E-state index in [-0.39, 0.29) is 10.9 Å². The summed E-state index contributed by atoms with van der Waals surface area (Å²) in [5.41, 5.74) is 9.76. The van der Waals surface area contributed by atoms with Gasteiger partial charge < -0.3 is 25.8 Å². The number of rotatable bonds is 5. The van der Waals surface area contributed by atoms with Crippen LogP contribution in [-0.4, -0.2) is 37.7 Å². The molecule has 7 nitrogen and oxygen atoms in total. The summed E-state index contributed by atoms with van der Waals surface area (Å²) in [4.78, 5) is 11.1. The van der Waals surface area contributed by atoms with E-state index in [1.165, 1.54) is 0 Å². The molecule has 0 heterocycles. The quantitative estimate of drug-likeness (QED) is 0.233. The summed E-state index contributed by atoms with van der Waals surface area (Å²) in [5.74, 6) is 0.278. The van der Waals surface area contributed by atoms with Crippen LogP contribution in [-0.2, 0) is 9.16 Å². The van der Waals surface area contributed by atoms with Crippen LogP contribution in [0.1, 0.15) is 46.5 Å². The summed E-state index contributed by atoms with van der Waals surface area (Å²) in [6, 6.07) is 0. The van der Waals surface area contributed by atoms with Crippen LogP contribution in [0.25, 0.3) is 0 Å². The van der Waals surface area contributed by atoms with Crippen molar-refractivity contribution in [3.05, 3.63) is 0 Å². The molecule has 0 atom stereocenters. The molecular weight excluding hydrogens is 314 g/mol. The van der Waals surface area contributed by atoms with Crippen LogP contribution < -0.4 is 11.5 Å². The molecule has 5 N–H and O–H groups in total. The second kappa shape index (κ2) is 7.08. The summed E-state index contributed by atoms with van der Waals surface area (Å²) in [5, 5.41) is 12.1. The maximum atomic E-state index is 11.1. The Hall–Kier alpha value is -1.28. The Morgan fingerprint density at radius 3 is 2.22 bits per heavy atom. The smallest absolute Gasteiger partial charge is 0.405 e. The average molecular weight is 346 g/mol. The van der Waals surface area contributed by atoms with Crippen LogP contribution in [0.4, 0.5) is 4.79 Å². The third-order valence-electron chi connectivity index (χ3n) is 5.27. The van der Waals surface area contributed by atoms with Gasteiger partial charge in [0.15, 0.2) is 19.8 Å². The molecular formula is C15H31N3O4Si. The van der Waals surface area contributed by atoms with Crippen molar-refractivity contribution in [3.8, 4) is 0 Å². The fourth-order valence-electron chi connectivity index (χ4n) is 2.55. The van der Waals surface area contributed by atoms with Gasteiger partial charge in [-0.2, -0.15) is 0 Å². The van der Waals surface area contributed by atoms with Gasteiger partial charge in [0, 0.05) is 6.61 Å². The van der Waals surface area contributed by atoms with Crippen molar-refractivity contribution in [2.45, 2.75) is 70.2 Å². The van der Waals surface area contributed by atoms with Crippen LogP contribution in [0.15, 0.2) is 5.16 Å². The first-order valence-corrected chi connectivity index (χ1v) is 10.9. The lowest BCUT2D eigenvalue weighted by Crippen LogP contribution is -2.51. The zero-order valence-electron chi connectivity index (χ0n) is 14.9. The highest BCUT2D eigenvalue weighted by Crippen LogP contribution is 2.39. The van der Waals surface area contributed by atoms with E-state index in [0.29, 0.717) is 25.4 Å². The number of carbonyl (C=O) groups is 1. The van der Waals surface area contributed by atoms with Crippen molar-refractivity contribution < 1.29 is 19.2 Å². The maximum Gasteiger partial charge on any atom is 0.405 e. The molecule has 0 spiro atoms. The monoisotopic (exact) mass is 345 g/mol. The third-order valence-corrected chi connectivity index (χ3v) is 9.77. The number of amidine groups is 1. The number of ether oxygens (including phenoxy) is 1. The number of hydrogen-bond acceptors (Lipinski definition) is 5. The second-order valence-corrected chi connectivity index (χ2v) is 12.7. The molecule has 1 aliphatic rings. The summed E-state index contributed by atoms with van der Waals surface area (Å²) >= 11 is 0. The van der Waals surface area contributed by atoms with Gasteiger partial charge in [-0.25, -0.2) is 4.79 Å². The predicted octanol–water partition coefficient (Wildman–Crippen LogP) is 2.78. The van der Waals surface area contributed by atoms with Crippen molar-refractivity contribution in [2.24, 2.45) is 22.5 Å². The minimum atomic E-state index is -1.77. The highest BCUT2D eigenvalue weighted by molar-refractivity contribution is 6.74. The van der Waals surface area contributed by atoms with E-state index in [0.717, 1.165) is 12.8 Å². The van der Waals surface area contributed by atoms with Gasteiger partial charge in [-0.3, -0.25) is 0 Å². The van der Waals surface area contributed by atoms with E-state index in [1.807, 2.05) is 0 Å². The lowest BCUT2D eigenvalue weighted by atomic mass is 9.78. The molecule has 0 aromatic rings. The van der Waals surface area contributed by atoms with Crippen molar-refractivity contribution in [1.29, 1.82) is 0 Å². The van der Waals surface area contributed by atoms with Gasteiger partial charge in [-0.05, 0) is 49.7 Å². The Labute approximate surface area is 139 Å². The highest BCUT2D eigenvalue weighted by atomic mass is 28.4. The van der Waals surface area contributed by atoms with Gasteiger partial charge in [-0.15, -0.1) is 0 Å². The molecule has 1 aliphatic carbocycles. The number of hydrogen-bond donors (Lipinski definition) is 3. The first-order valence-electron chi connectivity index (χ1n) is 8.04. The van der Waals surface area contributed by atoms with E-state index in [1.54, 1.807) is 0 Å². The van der Waals surface area contributed by atoms with Gasteiger partial charge in [0.05, 0.1) is 0 Å². The number of primary amides is 1. The van der Waals surface area contributed by atoms with E-state index < -0.39 is 20.0 Å². The van der Waals surface area contributed by atoms with E-state index in [2.05, 4.69) is 39.0 Å². The van der Waals surface area contributed by atoms with Crippen molar-refractivity contribution in [3.63, 3.8) is 0 Å². The van der Waals surface area contributed by atoms with Gasteiger partial charge in [-0.1, -0.05) is 25.9 Å². The standard InChI is InChI=1S/C15H31N3O4Si/c1-14(2,3)23(4,5)21-10-11-6-8-15(9-7-11,12(16)18-20)22-13(17)19/h11,20H,6-10H2,1-5H3,(H2,16,18)(H2,17,19). The molecule has 1 amide bonds. The Balaban J connectivity index is 2.65. The molecule has 0 aromatic heterocycles. The summed E-state index contributed by atoms with van der Waals surface area (Å²) in [6.07, 6.45) is 1.61. The van der Waals surface area contributed by atoms with Gasteiger partial charge in [0.25, 0.3) is 0 Å². The van der Waals surface area contributed by atoms with Crippen LogP contribution in [0.3, 0.4) is 0 Å². The number of nitrogens with two attached hydrogens (primary N) is 2. The molecule has 0 bridgehead atoms. The minimum Gasteiger partial charge on any atom is -0.435 e. The molecule has 0 aliphatic heterocycles. The fourth-order valence-corrected chi connectivity index (χ4v) is 3.63. The lowest BCUT2D eigenvalue weighted by molar-refractivity contribution is 0.0191. The molecule has 0 aromatic carbocycles. The topological polar surface area (TPSA) is 120 Å². The SMILES string of the molecule is CC(C)(C)[Si](C)(C)OCC1CCC(OC(N)=O)(C(N)=NO)CC1. The van der Waals surface area contributed by atoms with E-state index in [9.17, 15) is 4.79 Å². The Kier molecular flexibility index (Phi) is 6.09.